The molecular weight excluding hydrogens is 476 g/mol. The molecule has 8 heteroatoms. The standard InChI is InChI=1S/C30H34N6O2/c1-4-11-36-12-5-6-21(18-36)20-8-10-25(28(14-20)38-3)34-29-15-22-26(16-32-17-27(22)35-29)33-24-9-7-19(2)13-23(24)30(31)37/h6-10,13-17,33-35H,4-5,11-12,18H2,1-3H3,(H2,31,37). The van der Waals surface area contributed by atoms with Crippen LogP contribution in [0.2, 0.25) is 0 Å². The molecule has 5 N–H and O–H groups in total. The van der Waals surface area contributed by atoms with Crippen LogP contribution in [-0.4, -0.2) is 47.5 Å². The van der Waals surface area contributed by atoms with Crippen LogP contribution in [0, 0.1) is 6.92 Å². The van der Waals surface area contributed by atoms with Gasteiger partial charge in [0, 0.05) is 18.5 Å². The molecule has 4 aromatic rings. The maximum Gasteiger partial charge on any atom is 0.250 e. The van der Waals surface area contributed by atoms with E-state index in [-0.39, 0.29) is 0 Å². The quantitative estimate of drug-likeness (QED) is 0.221. The minimum Gasteiger partial charge on any atom is -0.495 e. The molecule has 1 aliphatic rings. The number of nitrogens with zero attached hydrogens (tertiary/aromatic N) is 2. The molecule has 1 aliphatic heterocycles. The topological polar surface area (TPSA) is 108 Å². The van der Waals surface area contributed by atoms with Crippen molar-refractivity contribution in [2.45, 2.75) is 26.7 Å². The highest BCUT2D eigenvalue weighted by Crippen LogP contribution is 2.35. The van der Waals surface area contributed by atoms with Crippen LogP contribution in [0.4, 0.5) is 22.9 Å². The molecule has 0 radical (unpaired) electrons. The molecule has 3 heterocycles. The first-order chi connectivity index (χ1) is 18.4. The largest absolute Gasteiger partial charge is 0.495 e. The first-order valence-corrected chi connectivity index (χ1v) is 13.0. The number of anilines is 4. The van der Waals surface area contributed by atoms with Gasteiger partial charge in [0.05, 0.1) is 47.6 Å². The normalized spacial score (nSPS) is 13.8. The fourth-order valence-corrected chi connectivity index (χ4v) is 5.00. The van der Waals surface area contributed by atoms with Gasteiger partial charge in [-0.05, 0) is 67.8 Å². The van der Waals surface area contributed by atoms with Gasteiger partial charge in [-0.15, -0.1) is 0 Å². The Morgan fingerprint density at radius 3 is 2.74 bits per heavy atom. The van der Waals surface area contributed by atoms with E-state index in [0.29, 0.717) is 11.3 Å². The smallest absolute Gasteiger partial charge is 0.250 e. The number of hydrogen-bond acceptors (Lipinski definition) is 6. The van der Waals surface area contributed by atoms with Gasteiger partial charge in [0.2, 0.25) is 0 Å². The first-order valence-electron chi connectivity index (χ1n) is 13.0. The third-order valence-electron chi connectivity index (χ3n) is 6.87. The minimum absolute atomic E-state index is 0.437. The van der Waals surface area contributed by atoms with Crippen LogP contribution in [0.5, 0.6) is 5.75 Å². The maximum atomic E-state index is 12.0. The number of methoxy groups -OCH3 is 1. The number of aromatic nitrogens is 2. The van der Waals surface area contributed by atoms with Crippen molar-refractivity contribution in [1.82, 2.24) is 14.9 Å². The number of fused-ring (bicyclic) bond motifs is 1. The van der Waals surface area contributed by atoms with Crippen LogP contribution in [0.15, 0.2) is 60.9 Å². The molecule has 8 nitrogen and oxygen atoms in total. The number of aryl methyl sites for hydroxylation is 1. The Morgan fingerprint density at radius 2 is 1.95 bits per heavy atom. The second kappa shape index (κ2) is 11.0. The fourth-order valence-electron chi connectivity index (χ4n) is 5.00. The number of pyridine rings is 1. The van der Waals surface area contributed by atoms with E-state index in [1.54, 1.807) is 25.6 Å². The monoisotopic (exact) mass is 510 g/mol. The average Bonchev–Trinajstić information content (AvgIpc) is 3.33. The number of carbonyl (C=O) groups excluding carboxylic acids is 1. The molecule has 1 amide bonds. The van der Waals surface area contributed by atoms with Crippen molar-refractivity contribution >= 4 is 45.3 Å². The van der Waals surface area contributed by atoms with Gasteiger partial charge in [0.15, 0.2) is 0 Å². The summed E-state index contributed by atoms with van der Waals surface area (Å²) in [6, 6.07) is 13.9. The zero-order chi connectivity index (χ0) is 26.6. The SMILES string of the molecule is CCCN1CCC=C(c2ccc(Nc3cc4c(Nc5ccc(C)cc5C(N)=O)cncc4[nH]3)c(OC)c2)C1. The third-order valence-corrected chi connectivity index (χ3v) is 6.87. The van der Waals surface area contributed by atoms with Crippen molar-refractivity contribution in [3.05, 3.63) is 77.6 Å². The molecule has 2 aromatic carbocycles. The lowest BCUT2D eigenvalue weighted by Gasteiger charge is -2.27. The Kier molecular flexibility index (Phi) is 7.33. The van der Waals surface area contributed by atoms with Gasteiger partial charge in [-0.3, -0.25) is 14.7 Å². The average molecular weight is 511 g/mol. The number of carbonyl (C=O) groups is 1. The zero-order valence-corrected chi connectivity index (χ0v) is 22.1. The van der Waals surface area contributed by atoms with Gasteiger partial charge >= 0.3 is 0 Å². The highest BCUT2D eigenvalue weighted by atomic mass is 16.5. The van der Waals surface area contributed by atoms with Crippen LogP contribution >= 0.6 is 0 Å². The van der Waals surface area contributed by atoms with E-state index in [1.807, 2.05) is 25.1 Å². The number of ether oxygens (including phenoxy) is 1. The van der Waals surface area contributed by atoms with Crippen LogP contribution in [-0.2, 0) is 0 Å². The molecule has 0 atom stereocenters. The molecule has 0 bridgehead atoms. The zero-order valence-electron chi connectivity index (χ0n) is 22.1. The lowest BCUT2D eigenvalue weighted by molar-refractivity contribution is 0.100. The number of nitrogens with two attached hydrogens (primary N) is 1. The fraction of sp³-hybridized carbons (Fsp3) is 0.267. The summed E-state index contributed by atoms with van der Waals surface area (Å²) in [6.45, 7) is 7.35. The van der Waals surface area contributed by atoms with Crippen LogP contribution < -0.4 is 21.1 Å². The van der Waals surface area contributed by atoms with Crippen molar-refractivity contribution in [3.63, 3.8) is 0 Å². The molecule has 0 saturated carbocycles. The van der Waals surface area contributed by atoms with Gasteiger partial charge in [0.1, 0.15) is 11.6 Å². The summed E-state index contributed by atoms with van der Waals surface area (Å²) < 4.78 is 5.76. The molecule has 196 valence electrons. The highest BCUT2D eigenvalue weighted by Gasteiger charge is 2.16. The van der Waals surface area contributed by atoms with E-state index in [4.69, 9.17) is 10.5 Å². The van der Waals surface area contributed by atoms with Crippen molar-refractivity contribution in [2.24, 2.45) is 5.73 Å². The molecule has 0 fully saturated rings. The molecule has 0 aliphatic carbocycles. The highest BCUT2D eigenvalue weighted by molar-refractivity contribution is 6.02. The Balaban J connectivity index is 1.40. The molecule has 0 spiro atoms. The van der Waals surface area contributed by atoms with Gasteiger partial charge in [-0.1, -0.05) is 30.7 Å². The van der Waals surface area contributed by atoms with E-state index in [1.165, 1.54) is 11.1 Å². The summed E-state index contributed by atoms with van der Waals surface area (Å²) in [5.41, 5.74) is 12.7. The summed E-state index contributed by atoms with van der Waals surface area (Å²) in [5.74, 6) is 1.09. The Hall–Kier alpha value is -4.30. The summed E-state index contributed by atoms with van der Waals surface area (Å²) >= 11 is 0. The summed E-state index contributed by atoms with van der Waals surface area (Å²) in [5, 5.41) is 7.72. The number of H-pyrrole nitrogens is 1. The summed E-state index contributed by atoms with van der Waals surface area (Å²) in [7, 11) is 1.69. The minimum atomic E-state index is -0.481. The molecule has 0 unspecified atom stereocenters. The summed E-state index contributed by atoms with van der Waals surface area (Å²) in [4.78, 5) is 22.3. The van der Waals surface area contributed by atoms with E-state index < -0.39 is 5.91 Å². The number of aromatic amines is 1. The predicted octanol–water partition coefficient (Wildman–Crippen LogP) is 5.97. The molecular formula is C30H34N6O2. The third kappa shape index (κ3) is 5.35. The van der Waals surface area contributed by atoms with Crippen LogP contribution in [0.1, 0.15) is 41.3 Å². The van der Waals surface area contributed by atoms with Crippen LogP contribution in [0.3, 0.4) is 0 Å². The van der Waals surface area contributed by atoms with Crippen molar-refractivity contribution in [3.8, 4) is 5.75 Å². The maximum absolute atomic E-state index is 12.0. The van der Waals surface area contributed by atoms with Crippen molar-refractivity contribution in [1.29, 1.82) is 0 Å². The second-order valence-electron chi connectivity index (χ2n) is 9.70. The number of amides is 1. The number of rotatable bonds is 9. The van der Waals surface area contributed by atoms with Crippen LogP contribution in [0.25, 0.3) is 16.5 Å². The van der Waals surface area contributed by atoms with Crippen molar-refractivity contribution < 1.29 is 9.53 Å². The Bertz CT molecular complexity index is 1510. The lowest BCUT2D eigenvalue weighted by Crippen LogP contribution is -2.30. The van der Waals surface area contributed by atoms with Crippen molar-refractivity contribution in [2.75, 3.05) is 37.4 Å². The molecule has 5 rings (SSSR count). The summed E-state index contributed by atoms with van der Waals surface area (Å²) in [6.07, 6.45) is 8.08. The van der Waals surface area contributed by atoms with E-state index in [2.05, 4.69) is 56.7 Å². The Labute approximate surface area is 222 Å². The lowest BCUT2D eigenvalue weighted by atomic mass is 10.00. The van der Waals surface area contributed by atoms with E-state index >= 15 is 0 Å². The van der Waals surface area contributed by atoms with E-state index in [9.17, 15) is 4.79 Å². The molecule has 0 saturated heterocycles. The number of hydrogen-bond donors (Lipinski definition) is 4. The predicted molar refractivity (Wildman–Crippen MR) is 155 cm³/mol. The molecule has 38 heavy (non-hydrogen) atoms. The van der Waals surface area contributed by atoms with Gasteiger partial charge < -0.3 is 26.1 Å². The molecule has 2 aromatic heterocycles. The number of benzene rings is 2. The van der Waals surface area contributed by atoms with Gasteiger partial charge in [-0.25, -0.2) is 0 Å². The second-order valence-corrected chi connectivity index (χ2v) is 9.70. The van der Waals surface area contributed by atoms with Gasteiger partial charge in [0.25, 0.3) is 5.91 Å². The Morgan fingerprint density at radius 1 is 1.11 bits per heavy atom. The van der Waals surface area contributed by atoms with Gasteiger partial charge in [-0.2, -0.15) is 0 Å². The first kappa shape index (κ1) is 25.4. The number of nitrogens with one attached hydrogen (secondary N) is 3. The number of primary amides is 1. The van der Waals surface area contributed by atoms with E-state index in [0.717, 1.165) is 71.9 Å².